The molecule has 2 aromatic heterocycles. The predicted molar refractivity (Wildman–Crippen MR) is 143 cm³/mol. The van der Waals surface area contributed by atoms with E-state index in [0.29, 0.717) is 35.4 Å². The highest BCUT2D eigenvalue weighted by Gasteiger charge is 2.20. The van der Waals surface area contributed by atoms with Crippen molar-refractivity contribution >= 4 is 38.6 Å². The molecule has 2 bridgehead atoms. The molecule has 0 aliphatic heterocycles. The number of halogens is 2. The van der Waals surface area contributed by atoms with Gasteiger partial charge in [0.15, 0.2) is 0 Å². The number of amides is 1. The van der Waals surface area contributed by atoms with Crippen molar-refractivity contribution < 1.29 is 18.0 Å². The number of carbonyl (C=O) groups excluding carboxylic acids is 1. The standard InChI is InChI=1S/C31H24F2N2O2/c1-16-9-18(14-34)10-17(2)27(16)15-35-31(36)20-4-7-24-26(12-20)30-25-11-19(3-6-23(25)29(24)37-30)22-8-5-21(32)13-28(22)33/h3-13H,14-15,34H2,1-2H3,(H,35,36). The molecule has 0 aliphatic carbocycles. The lowest BCUT2D eigenvalue weighted by Gasteiger charge is -2.13. The van der Waals surface area contributed by atoms with Gasteiger partial charge >= 0.3 is 0 Å². The normalized spacial score (nSPS) is 11.7. The molecular formula is C31H24F2N2O2. The van der Waals surface area contributed by atoms with Crippen molar-refractivity contribution in [3.63, 3.8) is 0 Å². The lowest BCUT2D eigenvalue weighted by Crippen LogP contribution is -2.23. The van der Waals surface area contributed by atoms with E-state index >= 15 is 0 Å². The summed E-state index contributed by atoms with van der Waals surface area (Å²) in [7, 11) is 0. The monoisotopic (exact) mass is 494 g/mol. The van der Waals surface area contributed by atoms with Crippen molar-refractivity contribution in [3.8, 4) is 11.1 Å². The van der Waals surface area contributed by atoms with Crippen LogP contribution in [0.25, 0.3) is 43.8 Å². The highest BCUT2D eigenvalue weighted by Crippen LogP contribution is 2.42. The molecule has 2 heterocycles. The van der Waals surface area contributed by atoms with E-state index in [1.807, 2.05) is 38.1 Å². The van der Waals surface area contributed by atoms with Crippen molar-refractivity contribution in [3.05, 3.63) is 106 Å². The second-order valence-corrected chi connectivity index (χ2v) is 9.50. The second kappa shape index (κ2) is 8.68. The minimum Gasteiger partial charge on any atom is -0.455 e. The van der Waals surface area contributed by atoms with Gasteiger partial charge in [0, 0.05) is 51.8 Å². The lowest BCUT2D eigenvalue weighted by molar-refractivity contribution is 0.0951. The number of nitrogens with one attached hydrogen (secondary N) is 1. The van der Waals surface area contributed by atoms with E-state index in [1.165, 1.54) is 12.1 Å². The van der Waals surface area contributed by atoms with E-state index < -0.39 is 11.6 Å². The molecular weight excluding hydrogens is 470 g/mol. The first kappa shape index (κ1) is 23.1. The van der Waals surface area contributed by atoms with Gasteiger partial charge < -0.3 is 15.5 Å². The SMILES string of the molecule is Cc1cc(CN)cc(C)c1CNC(=O)c1ccc2c(c1)c1oc2c2ccc(-c3ccc(F)cc3F)cc21. The van der Waals surface area contributed by atoms with Crippen LogP contribution in [0.15, 0.2) is 71.1 Å². The van der Waals surface area contributed by atoms with E-state index in [9.17, 15) is 13.6 Å². The van der Waals surface area contributed by atoms with Crippen molar-refractivity contribution in [1.82, 2.24) is 5.32 Å². The number of furan rings is 2. The van der Waals surface area contributed by atoms with Gasteiger partial charge in [0.2, 0.25) is 0 Å². The molecule has 3 N–H and O–H groups in total. The van der Waals surface area contributed by atoms with Crippen LogP contribution in [-0.4, -0.2) is 5.91 Å². The van der Waals surface area contributed by atoms with Crippen molar-refractivity contribution in [1.29, 1.82) is 0 Å². The summed E-state index contributed by atoms with van der Waals surface area (Å²) in [6.45, 7) is 4.94. The first-order valence-electron chi connectivity index (χ1n) is 12.1. The van der Waals surface area contributed by atoms with Gasteiger partial charge in [-0.3, -0.25) is 4.79 Å². The van der Waals surface area contributed by atoms with Crippen LogP contribution in [0.3, 0.4) is 0 Å². The summed E-state index contributed by atoms with van der Waals surface area (Å²) < 4.78 is 33.9. The molecule has 4 nitrogen and oxygen atoms in total. The van der Waals surface area contributed by atoms with E-state index in [2.05, 4.69) is 17.4 Å². The first-order chi connectivity index (χ1) is 17.8. The fraction of sp³-hybridized carbons (Fsp3) is 0.129. The Labute approximate surface area is 212 Å². The van der Waals surface area contributed by atoms with Gasteiger partial charge in [0.05, 0.1) is 0 Å². The summed E-state index contributed by atoms with van der Waals surface area (Å²) in [5.41, 5.74) is 12.9. The van der Waals surface area contributed by atoms with Gasteiger partial charge in [0.1, 0.15) is 22.8 Å². The molecule has 6 heteroatoms. The van der Waals surface area contributed by atoms with Crippen LogP contribution >= 0.6 is 0 Å². The first-order valence-corrected chi connectivity index (χ1v) is 12.1. The number of nitrogens with two attached hydrogens (primary N) is 1. The van der Waals surface area contributed by atoms with Gasteiger partial charge in [-0.2, -0.15) is 0 Å². The van der Waals surface area contributed by atoms with E-state index in [-0.39, 0.29) is 5.91 Å². The highest BCUT2D eigenvalue weighted by molar-refractivity contribution is 6.26. The molecule has 6 rings (SSSR count). The van der Waals surface area contributed by atoms with E-state index in [0.717, 1.165) is 55.4 Å². The summed E-state index contributed by atoms with van der Waals surface area (Å²) in [6.07, 6.45) is 0. The average molecular weight is 495 g/mol. The van der Waals surface area contributed by atoms with Crippen LogP contribution in [0.2, 0.25) is 0 Å². The molecule has 37 heavy (non-hydrogen) atoms. The maximum absolute atomic E-state index is 14.4. The molecule has 4 aromatic carbocycles. The van der Waals surface area contributed by atoms with Gasteiger partial charge in [-0.1, -0.05) is 18.2 Å². The van der Waals surface area contributed by atoms with Crippen LogP contribution in [0.4, 0.5) is 8.78 Å². The minimum atomic E-state index is -0.621. The smallest absolute Gasteiger partial charge is 0.251 e. The van der Waals surface area contributed by atoms with Crippen molar-refractivity contribution in [2.24, 2.45) is 5.73 Å². The summed E-state index contributed by atoms with van der Waals surface area (Å²) >= 11 is 0. The maximum Gasteiger partial charge on any atom is 0.251 e. The predicted octanol–water partition coefficient (Wildman–Crippen LogP) is 7.13. The number of carbonyl (C=O) groups is 1. The topological polar surface area (TPSA) is 68.3 Å². The second-order valence-electron chi connectivity index (χ2n) is 9.50. The Hall–Kier alpha value is -4.29. The number of fused-ring (bicyclic) bond motifs is 8. The Morgan fingerprint density at radius 1 is 0.838 bits per heavy atom. The Kier molecular flexibility index (Phi) is 5.42. The average Bonchev–Trinajstić information content (AvgIpc) is 3.44. The summed E-state index contributed by atoms with van der Waals surface area (Å²) in [6, 6.07) is 18.7. The molecule has 0 fully saturated rings. The Morgan fingerprint density at radius 3 is 2.22 bits per heavy atom. The number of hydrogen-bond donors (Lipinski definition) is 2. The Morgan fingerprint density at radius 2 is 1.51 bits per heavy atom. The molecule has 0 radical (unpaired) electrons. The van der Waals surface area contributed by atoms with Crippen LogP contribution in [0, 0.1) is 25.5 Å². The zero-order valence-corrected chi connectivity index (χ0v) is 20.4. The summed E-state index contributed by atoms with van der Waals surface area (Å²) in [4.78, 5) is 13.1. The van der Waals surface area contributed by atoms with Gasteiger partial charge in [0.25, 0.3) is 5.91 Å². The van der Waals surface area contributed by atoms with Crippen LogP contribution in [-0.2, 0) is 13.1 Å². The third-order valence-corrected chi connectivity index (χ3v) is 7.14. The molecule has 0 spiro atoms. The lowest BCUT2D eigenvalue weighted by atomic mass is 9.97. The number of benzene rings is 5. The summed E-state index contributed by atoms with van der Waals surface area (Å²) in [5.74, 6) is -1.42. The van der Waals surface area contributed by atoms with Gasteiger partial charge in [-0.05, 0) is 84.1 Å². The quantitative estimate of drug-likeness (QED) is 0.251. The molecule has 0 saturated heterocycles. The van der Waals surface area contributed by atoms with Gasteiger partial charge in [-0.15, -0.1) is 0 Å². The van der Waals surface area contributed by atoms with Crippen LogP contribution in [0.5, 0.6) is 0 Å². The molecule has 0 atom stereocenters. The summed E-state index contributed by atoms with van der Waals surface area (Å²) in [5, 5.41) is 6.52. The van der Waals surface area contributed by atoms with Gasteiger partial charge in [-0.25, -0.2) is 8.78 Å². The number of aryl methyl sites for hydroxylation is 2. The molecule has 0 aliphatic rings. The minimum absolute atomic E-state index is 0.180. The zero-order chi connectivity index (χ0) is 25.8. The molecule has 1 amide bonds. The third-order valence-electron chi connectivity index (χ3n) is 7.14. The number of rotatable bonds is 5. The number of hydrogen-bond acceptors (Lipinski definition) is 3. The molecule has 184 valence electrons. The van der Waals surface area contributed by atoms with Crippen LogP contribution < -0.4 is 11.1 Å². The fourth-order valence-electron chi connectivity index (χ4n) is 5.26. The fourth-order valence-corrected chi connectivity index (χ4v) is 5.26. The molecule has 0 saturated carbocycles. The van der Waals surface area contributed by atoms with E-state index in [4.69, 9.17) is 10.2 Å². The van der Waals surface area contributed by atoms with E-state index in [1.54, 1.807) is 12.1 Å². The van der Waals surface area contributed by atoms with Crippen molar-refractivity contribution in [2.75, 3.05) is 0 Å². The van der Waals surface area contributed by atoms with Crippen molar-refractivity contribution in [2.45, 2.75) is 26.9 Å². The third kappa shape index (κ3) is 3.81. The Balaban J connectivity index is 1.34. The largest absolute Gasteiger partial charge is 0.455 e. The zero-order valence-electron chi connectivity index (χ0n) is 20.4. The Bertz CT molecular complexity index is 1810. The molecule has 0 unspecified atom stereocenters. The highest BCUT2D eigenvalue weighted by atomic mass is 19.1. The van der Waals surface area contributed by atoms with Crippen LogP contribution in [0.1, 0.15) is 32.6 Å². The maximum atomic E-state index is 14.4. The molecule has 6 aromatic rings.